The van der Waals surface area contributed by atoms with Crippen molar-refractivity contribution in [3.05, 3.63) is 51.7 Å². The predicted molar refractivity (Wildman–Crippen MR) is 129 cm³/mol. The van der Waals surface area contributed by atoms with Crippen LogP contribution >= 0.6 is 23.1 Å². The average molecular weight is 504 g/mol. The first-order chi connectivity index (χ1) is 16.2. The second-order valence-corrected chi connectivity index (χ2v) is 9.21. The summed E-state index contributed by atoms with van der Waals surface area (Å²) in [6.45, 7) is 5.63. The number of ether oxygens (including phenoxy) is 2. The first-order valence-corrected chi connectivity index (χ1v) is 12.1. The Morgan fingerprint density at radius 3 is 2.68 bits per heavy atom. The van der Waals surface area contributed by atoms with Crippen LogP contribution in [0.4, 0.5) is 5.00 Å². The quantitative estimate of drug-likeness (QED) is 0.318. The number of carbonyl (C=O) groups is 3. The Labute approximate surface area is 204 Å². The number of thiophene rings is 1. The summed E-state index contributed by atoms with van der Waals surface area (Å²) in [7, 11) is 1.79. The van der Waals surface area contributed by atoms with E-state index in [1.165, 1.54) is 11.8 Å². The lowest BCUT2D eigenvalue weighted by atomic mass is 10.1. The van der Waals surface area contributed by atoms with Crippen molar-refractivity contribution in [2.24, 2.45) is 12.8 Å². The van der Waals surface area contributed by atoms with Crippen LogP contribution in [0, 0.1) is 13.8 Å². The van der Waals surface area contributed by atoms with Gasteiger partial charge in [0.2, 0.25) is 5.91 Å². The number of benzene rings is 1. The van der Waals surface area contributed by atoms with Crippen molar-refractivity contribution in [1.29, 1.82) is 0 Å². The van der Waals surface area contributed by atoms with Crippen molar-refractivity contribution >= 4 is 45.9 Å². The third kappa shape index (κ3) is 5.94. The smallest absolute Gasteiger partial charge is 0.341 e. The fraction of sp³-hybridized carbons (Fsp3) is 0.318. The van der Waals surface area contributed by atoms with Crippen molar-refractivity contribution < 1.29 is 23.9 Å². The highest BCUT2D eigenvalue weighted by Crippen LogP contribution is 2.33. The van der Waals surface area contributed by atoms with Gasteiger partial charge in [0.25, 0.3) is 5.91 Å². The Kier molecular flexibility index (Phi) is 8.29. The Bertz CT molecular complexity index is 1220. The SMILES string of the molecule is CCOC(=O)c1c(NC(=O)CSc2nnc(COc3cccc(C)c3)n2C)sc(C(N)=O)c1C. The highest BCUT2D eigenvalue weighted by atomic mass is 32.2. The maximum Gasteiger partial charge on any atom is 0.341 e. The molecular formula is C22H25N5O5S2. The van der Waals surface area contributed by atoms with E-state index in [0.29, 0.717) is 16.5 Å². The minimum absolute atomic E-state index is 0.00975. The molecule has 0 aliphatic carbocycles. The van der Waals surface area contributed by atoms with Crippen LogP contribution in [0.3, 0.4) is 0 Å². The van der Waals surface area contributed by atoms with Gasteiger partial charge in [0.05, 0.1) is 22.8 Å². The molecule has 34 heavy (non-hydrogen) atoms. The molecule has 180 valence electrons. The van der Waals surface area contributed by atoms with Gasteiger partial charge in [-0.3, -0.25) is 9.59 Å². The van der Waals surface area contributed by atoms with Gasteiger partial charge in [-0.1, -0.05) is 23.9 Å². The molecule has 0 spiro atoms. The molecule has 10 nitrogen and oxygen atoms in total. The summed E-state index contributed by atoms with van der Waals surface area (Å²) in [6.07, 6.45) is 0. The first-order valence-electron chi connectivity index (χ1n) is 10.3. The van der Waals surface area contributed by atoms with Crippen LogP contribution in [0.15, 0.2) is 29.4 Å². The first kappa shape index (κ1) is 25.2. The fourth-order valence-corrected chi connectivity index (χ4v) is 4.82. The summed E-state index contributed by atoms with van der Waals surface area (Å²) < 4.78 is 12.6. The number of nitrogens with two attached hydrogens (primary N) is 1. The average Bonchev–Trinajstić information content (AvgIpc) is 3.30. The zero-order chi connectivity index (χ0) is 24.8. The van der Waals surface area contributed by atoms with Gasteiger partial charge in [0.15, 0.2) is 11.0 Å². The second kappa shape index (κ2) is 11.2. The van der Waals surface area contributed by atoms with Gasteiger partial charge < -0.3 is 25.1 Å². The minimum atomic E-state index is -0.678. The molecule has 0 aliphatic heterocycles. The van der Waals surface area contributed by atoms with Crippen LogP contribution in [0.5, 0.6) is 5.75 Å². The number of hydrogen-bond acceptors (Lipinski definition) is 9. The van der Waals surface area contributed by atoms with Crippen LogP contribution in [0.1, 0.15) is 43.9 Å². The fourth-order valence-electron chi connectivity index (χ4n) is 3.03. The van der Waals surface area contributed by atoms with E-state index in [9.17, 15) is 14.4 Å². The van der Waals surface area contributed by atoms with Gasteiger partial charge in [-0.05, 0) is 44.0 Å². The van der Waals surface area contributed by atoms with Crippen LogP contribution in [0.25, 0.3) is 0 Å². The van der Waals surface area contributed by atoms with Crippen molar-refractivity contribution in [2.45, 2.75) is 32.5 Å². The van der Waals surface area contributed by atoms with Crippen LogP contribution in [-0.4, -0.2) is 44.9 Å². The zero-order valence-electron chi connectivity index (χ0n) is 19.2. The number of primary amides is 1. The molecule has 0 atom stereocenters. The predicted octanol–water partition coefficient (Wildman–Crippen LogP) is 3.08. The lowest BCUT2D eigenvalue weighted by Crippen LogP contribution is -2.17. The monoisotopic (exact) mass is 503 g/mol. The van der Waals surface area contributed by atoms with Crippen LogP contribution in [-0.2, 0) is 23.2 Å². The number of rotatable bonds is 10. The van der Waals surface area contributed by atoms with Crippen molar-refractivity contribution in [3.8, 4) is 5.75 Å². The molecule has 3 rings (SSSR count). The summed E-state index contributed by atoms with van der Waals surface area (Å²) >= 11 is 2.12. The maximum atomic E-state index is 12.6. The Hall–Kier alpha value is -3.38. The number of hydrogen-bond donors (Lipinski definition) is 2. The lowest BCUT2D eigenvalue weighted by molar-refractivity contribution is -0.113. The molecule has 0 aliphatic rings. The van der Waals surface area contributed by atoms with Crippen molar-refractivity contribution in [1.82, 2.24) is 14.8 Å². The molecule has 2 heterocycles. The second-order valence-electron chi connectivity index (χ2n) is 7.24. The summed E-state index contributed by atoms with van der Waals surface area (Å²) in [6, 6.07) is 7.69. The molecule has 0 bridgehead atoms. The molecule has 3 N–H and O–H groups in total. The Balaban J connectivity index is 1.64. The number of aryl methyl sites for hydroxylation is 1. The molecular weight excluding hydrogens is 478 g/mol. The maximum absolute atomic E-state index is 12.6. The molecule has 0 unspecified atom stereocenters. The van der Waals surface area contributed by atoms with E-state index in [2.05, 4.69) is 15.5 Å². The lowest BCUT2D eigenvalue weighted by Gasteiger charge is -2.08. The molecule has 0 radical (unpaired) electrons. The Morgan fingerprint density at radius 2 is 2.00 bits per heavy atom. The molecule has 0 saturated carbocycles. The summed E-state index contributed by atoms with van der Waals surface area (Å²) in [5.41, 5.74) is 7.00. The number of nitrogens with one attached hydrogen (secondary N) is 1. The number of aromatic nitrogens is 3. The topological polar surface area (TPSA) is 138 Å². The normalized spacial score (nSPS) is 10.7. The van der Waals surface area contributed by atoms with E-state index in [0.717, 1.165) is 22.6 Å². The summed E-state index contributed by atoms with van der Waals surface area (Å²) in [5.74, 6) is -0.339. The third-order valence-corrected chi connectivity index (χ3v) is 6.96. The Morgan fingerprint density at radius 1 is 1.24 bits per heavy atom. The van der Waals surface area contributed by atoms with Gasteiger partial charge >= 0.3 is 5.97 Å². The molecule has 0 saturated heterocycles. The summed E-state index contributed by atoms with van der Waals surface area (Å²) in [5, 5.41) is 11.7. The summed E-state index contributed by atoms with van der Waals surface area (Å²) in [4.78, 5) is 36.8. The van der Waals surface area contributed by atoms with E-state index in [-0.39, 0.29) is 40.3 Å². The number of nitrogens with zero attached hydrogens (tertiary/aromatic N) is 3. The van der Waals surface area contributed by atoms with E-state index in [4.69, 9.17) is 15.2 Å². The van der Waals surface area contributed by atoms with Gasteiger partial charge in [-0.2, -0.15) is 0 Å². The highest BCUT2D eigenvalue weighted by Gasteiger charge is 2.26. The van der Waals surface area contributed by atoms with E-state index in [1.54, 1.807) is 25.5 Å². The van der Waals surface area contributed by atoms with Crippen LogP contribution in [0.2, 0.25) is 0 Å². The van der Waals surface area contributed by atoms with E-state index < -0.39 is 11.9 Å². The molecule has 2 amide bonds. The molecule has 0 fully saturated rings. The van der Waals surface area contributed by atoms with E-state index >= 15 is 0 Å². The number of amides is 2. The van der Waals surface area contributed by atoms with Crippen LogP contribution < -0.4 is 15.8 Å². The molecule has 12 heteroatoms. The van der Waals surface area contributed by atoms with Gasteiger partial charge in [0, 0.05) is 7.05 Å². The molecule has 3 aromatic rings. The van der Waals surface area contributed by atoms with Crippen molar-refractivity contribution in [2.75, 3.05) is 17.7 Å². The number of esters is 1. The van der Waals surface area contributed by atoms with Gasteiger partial charge in [-0.25, -0.2) is 4.79 Å². The standard InChI is InChI=1S/C22H25N5O5S2/c1-5-31-21(30)17-13(3)18(19(23)29)34-20(17)24-16(28)11-33-22-26-25-15(27(22)4)10-32-14-8-6-7-12(2)9-14/h6-9H,5,10-11H2,1-4H3,(H2,23,29)(H,24,28). The number of thioether (sulfide) groups is 1. The molecule has 1 aromatic carbocycles. The van der Waals surface area contributed by atoms with E-state index in [1.807, 2.05) is 31.2 Å². The van der Waals surface area contributed by atoms with Gasteiger partial charge in [0.1, 0.15) is 17.4 Å². The molecule has 2 aromatic heterocycles. The third-order valence-electron chi connectivity index (χ3n) is 4.72. The van der Waals surface area contributed by atoms with Crippen molar-refractivity contribution in [3.63, 3.8) is 0 Å². The number of anilines is 1. The zero-order valence-corrected chi connectivity index (χ0v) is 20.8. The largest absolute Gasteiger partial charge is 0.486 e. The minimum Gasteiger partial charge on any atom is -0.486 e. The number of carbonyl (C=O) groups excluding carboxylic acids is 3. The highest BCUT2D eigenvalue weighted by molar-refractivity contribution is 7.99. The van der Waals surface area contributed by atoms with Gasteiger partial charge in [-0.15, -0.1) is 21.5 Å².